The van der Waals surface area contributed by atoms with Gasteiger partial charge in [0.05, 0.1) is 12.2 Å². The van der Waals surface area contributed by atoms with Gasteiger partial charge in [-0.3, -0.25) is 10.1 Å². The third-order valence-corrected chi connectivity index (χ3v) is 11.4. The van der Waals surface area contributed by atoms with Gasteiger partial charge in [-0.1, -0.05) is 33.3 Å². The van der Waals surface area contributed by atoms with E-state index in [1.165, 1.54) is 18.4 Å². The van der Waals surface area contributed by atoms with Crippen molar-refractivity contribution in [1.82, 2.24) is 5.32 Å². The zero-order chi connectivity index (χ0) is 21.8. The molecule has 0 aromatic heterocycles. The molecule has 3 unspecified atom stereocenters. The van der Waals surface area contributed by atoms with Gasteiger partial charge in [-0.2, -0.15) is 0 Å². The second-order valence-electron chi connectivity index (χ2n) is 12.8. The first-order valence-electron chi connectivity index (χ1n) is 13.0. The van der Waals surface area contributed by atoms with Crippen LogP contribution < -0.4 is 5.32 Å². The minimum Gasteiger partial charge on any atom is -0.393 e. The van der Waals surface area contributed by atoms with Crippen molar-refractivity contribution in [3.8, 4) is 0 Å². The summed E-state index contributed by atoms with van der Waals surface area (Å²) in [6, 6.07) is 0. The molecule has 4 aliphatic carbocycles. The van der Waals surface area contributed by atoms with Gasteiger partial charge >= 0.3 is 0 Å². The Labute approximate surface area is 187 Å². The molecule has 4 nitrogen and oxygen atoms in total. The molecule has 0 aromatic rings. The summed E-state index contributed by atoms with van der Waals surface area (Å²) in [6.45, 7) is 10.7. The summed E-state index contributed by atoms with van der Waals surface area (Å²) in [5, 5.41) is 14.1. The molecule has 1 spiro atoms. The third-order valence-electron chi connectivity index (χ3n) is 11.4. The molecule has 0 amide bonds. The van der Waals surface area contributed by atoms with Gasteiger partial charge < -0.3 is 9.84 Å². The Hall–Kier alpha value is -0.710. The molecule has 5 fully saturated rings. The van der Waals surface area contributed by atoms with Crippen molar-refractivity contribution in [3.05, 3.63) is 11.6 Å². The number of nitrogens with one attached hydrogen (secondary N) is 1. The van der Waals surface area contributed by atoms with Gasteiger partial charge in [-0.25, -0.2) is 0 Å². The number of aliphatic hydroxyl groups is 1. The van der Waals surface area contributed by atoms with Crippen molar-refractivity contribution in [2.24, 2.45) is 46.3 Å². The van der Waals surface area contributed by atoms with E-state index in [4.69, 9.17) is 4.74 Å². The van der Waals surface area contributed by atoms with Crippen molar-refractivity contribution >= 4 is 5.78 Å². The van der Waals surface area contributed by atoms with Crippen molar-refractivity contribution < 1.29 is 14.6 Å². The van der Waals surface area contributed by atoms with Crippen LogP contribution in [0, 0.1) is 46.3 Å². The maximum absolute atomic E-state index is 13.5. The number of carbonyl (C=O) groups excluding carboxylic acids is 1. The van der Waals surface area contributed by atoms with Crippen LogP contribution in [0.5, 0.6) is 0 Å². The predicted molar refractivity (Wildman–Crippen MR) is 120 cm³/mol. The van der Waals surface area contributed by atoms with Crippen LogP contribution in [-0.2, 0) is 9.53 Å². The van der Waals surface area contributed by atoms with E-state index in [-0.39, 0.29) is 28.6 Å². The zero-order valence-corrected chi connectivity index (χ0v) is 19.8. The lowest BCUT2D eigenvalue weighted by atomic mass is 9.46. The molecule has 2 N–H and O–H groups in total. The number of allylic oxidation sites excluding steroid dienone is 1. The zero-order valence-electron chi connectivity index (χ0n) is 19.8. The average Bonchev–Trinajstić information content (AvgIpc) is 3.16. The second-order valence-corrected chi connectivity index (χ2v) is 12.8. The quantitative estimate of drug-likeness (QED) is 0.599. The third kappa shape index (κ3) is 2.68. The number of fused-ring (bicyclic) bond motifs is 7. The van der Waals surface area contributed by atoms with Crippen molar-refractivity contribution in [2.45, 2.75) is 97.0 Å². The van der Waals surface area contributed by atoms with Crippen molar-refractivity contribution in [1.29, 1.82) is 0 Å². The number of piperidine rings is 1. The van der Waals surface area contributed by atoms with Crippen LogP contribution in [0.25, 0.3) is 0 Å². The average molecular weight is 428 g/mol. The Morgan fingerprint density at radius 1 is 1.10 bits per heavy atom. The number of ketones is 1. The lowest BCUT2D eigenvalue weighted by Gasteiger charge is -2.57. The topological polar surface area (TPSA) is 58.6 Å². The van der Waals surface area contributed by atoms with Crippen LogP contribution in [0.4, 0.5) is 0 Å². The molecule has 11 atom stereocenters. The molecule has 2 saturated heterocycles. The first kappa shape index (κ1) is 20.9. The molecule has 172 valence electrons. The van der Waals surface area contributed by atoms with Crippen molar-refractivity contribution in [3.63, 3.8) is 0 Å². The fourth-order valence-electron chi connectivity index (χ4n) is 9.59. The van der Waals surface area contributed by atoms with Gasteiger partial charge in [0, 0.05) is 18.4 Å². The summed E-state index contributed by atoms with van der Waals surface area (Å²) < 4.78 is 6.92. The molecule has 3 saturated carbocycles. The smallest absolute Gasteiger partial charge is 0.159 e. The SMILES string of the molecule is CC1CCC2(NC1)O[C@H]1C[C@H]3[C@@H]4C(=O)C=C5CC(O)CC[C@]5(C)[C@H]4CC[C@]3(C)[C@H]1[C@@H]2C. The molecule has 31 heavy (non-hydrogen) atoms. The Kier molecular flexibility index (Phi) is 4.49. The highest BCUT2D eigenvalue weighted by molar-refractivity contribution is 5.94. The van der Waals surface area contributed by atoms with E-state index in [1.54, 1.807) is 0 Å². The predicted octanol–water partition coefficient (Wildman–Crippen LogP) is 4.47. The standard InChI is InChI=1S/C27H41NO3/c1-15-5-10-27(28-14-15)16(2)24-22(31-27)13-20-23-19(7-9-26(20,24)4)25(3)8-6-18(29)11-17(25)12-21(23)30/h12,15-16,18-20,22-24,28-29H,5-11,13-14H2,1-4H3/t15?,16-,18?,19-,20-,22-,23+,24-,25-,26-,27?/m0/s1. The normalized spacial score (nSPS) is 58.4. The first-order valence-corrected chi connectivity index (χ1v) is 13.0. The Morgan fingerprint density at radius 3 is 2.65 bits per heavy atom. The van der Waals surface area contributed by atoms with Gasteiger partial charge in [-0.05, 0) is 91.9 Å². The highest BCUT2D eigenvalue weighted by Crippen LogP contribution is 2.69. The second kappa shape index (κ2) is 6.67. The lowest BCUT2D eigenvalue weighted by Crippen LogP contribution is -2.57. The Morgan fingerprint density at radius 2 is 1.90 bits per heavy atom. The van der Waals surface area contributed by atoms with Gasteiger partial charge in [0.2, 0.25) is 0 Å². The molecule has 4 heteroatoms. The maximum atomic E-state index is 13.5. The van der Waals surface area contributed by atoms with E-state index in [2.05, 4.69) is 33.0 Å². The number of carbonyl (C=O) groups is 1. The summed E-state index contributed by atoms with van der Waals surface area (Å²) in [4.78, 5) is 13.5. The number of rotatable bonds is 0. The number of ether oxygens (including phenoxy) is 1. The van der Waals surface area contributed by atoms with Gasteiger partial charge in [0.1, 0.15) is 5.72 Å². The summed E-state index contributed by atoms with van der Waals surface area (Å²) in [5.74, 6) is 3.19. The van der Waals surface area contributed by atoms with E-state index < -0.39 is 0 Å². The molecule has 2 heterocycles. The van der Waals surface area contributed by atoms with Gasteiger partial charge in [0.25, 0.3) is 0 Å². The fourth-order valence-corrected chi connectivity index (χ4v) is 9.59. The monoisotopic (exact) mass is 427 g/mol. The number of hydrogen-bond donors (Lipinski definition) is 2. The van der Waals surface area contributed by atoms with E-state index in [0.29, 0.717) is 42.0 Å². The van der Waals surface area contributed by atoms with E-state index in [9.17, 15) is 9.90 Å². The summed E-state index contributed by atoms with van der Waals surface area (Å²) in [5.41, 5.74) is 1.40. The van der Waals surface area contributed by atoms with E-state index >= 15 is 0 Å². The molecule has 0 radical (unpaired) electrons. The summed E-state index contributed by atoms with van der Waals surface area (Å²) >= 11 is 0. The van der Waals surface area contributed by atoms with Crippen LogP contribution in [0.1, 0.15) is 79.1 Å². The highest BCUT2D eigenvalue weighted by Gasteiger charge is 2.69. The van der Waals surface area contributed by atoms with E-state index in [1.807, 2.05) is 6.08 Å². The minimum atomic E-state index is -0.264. The van der Waals surface area contributed by atoms with Gasteiger partial charge in [-0.15, -0.1) is 0 Å². The van der Waals surface area contributed by atoms with Crippen LogP contribution in [0.2, 0.25) is 0 Å². The van der Waals surface area contributed by atoms with Crippen LogP contribution in [0.15, 0.2) is 11.6 Å². The molecule has 0 bridgehead atoms. The largest absolute Gasteiger partial charge is 0.393 e. The summed E-state index contributed by atoms with van der Waals surface area (Å²) in [6.07, 6.45) is 10.4. The molecule has 6 aliphatic rings. The van der Waals surface area contributed by atoms with Crippen LogP contribution in [-0.4, -0.2) is 35.4 Å². The minimum absolute atomic E-state index is 0.103. The molecule has 2 aliphatic heterocycles. The highest BCUT2D eigenvalue weighted by atomic mass is 16.5. The van der Waals surface area contributed by atoms with E-state index in [0.717, 1.165) is 44.6 Å². The molecular weight excluding hydrogens is 386 g/mol. The maximum Gasteiger partial charge on any atom is 0.159 e. The fraction of sp³-hybridized carbons (Fsp3) is 0.889. The van der Waals surface area contributed by atoms with Crippen molar-refractivity contribution in [2.75, 3.05) is 6.54 Å². The molecule has 6 rings (SSSR count). The summed E-state index contributed by atoms with van der Waals surface area (Å²) in [7, 11) is 0. The van der Waals surface area contributed by atoms with Crippen LogP contribution in [0.3, 0.4) is 0 Å². The Bertz CT molecular complexity index is 813. The Balaban J connectivity index is 1.32. The molecule has 0 aromatic carbocycles. The molecular formula is C27H41NO3. The number of hydrogen-bond acceptors (Lipinski definition) is 4. The van der Waals surface area contributed by atoms with Gasteiger partial charge in [0.15, 0.2) is 5.78 Å². The lowest BCUT2D eigenvalue weighted by molar-refractivity contribution is -0.139. The number of aliphatic hydroxyl groups excluding tert-OH is 1. The first-order chi connectivity index (χ1) is 14.7. The van der Waals surface area contributed by atoms with Crippen LogP contribution >= 0.6 is 0 Å².